The van der Waals surface area contributed by atoms with Gasteiger partial charge in [-0.15, -0.1) is 0 Å². The molecule has 2 aromatic rings. The Morgan fingerprint density at radius 2 is 1.82 bits per heavy atom. The predicted molar refractivity (Wildman–Crippen MR) is 100.0 cm³/mol. The second kappa shape index (κ2) is 8.44. The Morgan fingerprint density at radius 3 is 2.43 bits per heavy atom. The number of carbonyl (C=O) groups is 2. The molecule has 1 atom stereocenters. The minimum atomic E-state index is -3.51. The third kappa shape index (κ3) is 4.52. The van der Waals surface area contributed by atoms with Crippen LogP contribution >= 0.6 is 0 Å². The molecule has 0 aliphatic carbocycles. The molecular formula is C18H20N4O5S. The van der Waals surface area contributed by atoms with Gasteiger partial charge in [-0.2, -0.15) is 4.31 Å². The van der Waals surface area contributed by atoms with Crippen LogP contribution in [0.4, 0.5) is 5.69 Å². The van der Waals surface area contributed by atoms with Crippen molar-refractivity contribution in [3.63, 3.8) is 0 Å². The lowest BCUT2D eigenvalue weighted by Crippen LogP contribution is -2.30. The molecular weight excluding hydrogens is 384 g/mol. The van der Waals surface area contributed by atoms with E-state index in [0.717, 1.165) is 12.8 Å². The van der Waals surface area contributed by atoms with Crippen molar-refractivity contribution in [3.8, 4) is 0 Å². The smallest absolute Gasteiger partial charge is 0.359 e. The first-order valence-corrected chi connectivity index (χ1v) is 10.2. The van der Waals surface area contributed by atoms with Crippen LogP contribution in [-0.2, 0) is 19.6 Å². The van der Waals surface area contributed by atoms with Crippen LogP contribution in [0.25, 0.3) is 0 Å². The van der Waals surface area contributed by atoms with E-state index >= 15 is 0 Å². The van der Waals surface area contributed by atoms with E-state index in [1.165, 1.54) is 54.1 Å². The van der Waals surface area contributed by atoms with E-state index in [9.17, 15) is 18.0 Å². The summed E-state index contributed by atoms with van der Waals surface area (Å²) < 4.78 is 31.5. The number of hydrogen-bond donors (Lipinski definition) is 1. The molecule has 9 nitrogen and oxygen atoms in total. The summed E-state index contributed by atoms with van der Waals surface area (Å²) in [4.78, 5) is 31.9. The third-order valence-corrected chi connectivity index (χ3v) is 6.16. The number of hydrogen-bond acceptors (Lipinski definition) is 7. The number of nitrogens with zero attached hydrogens (tertiary/aromatic N) is 3. The lowest BCUT2D eigenvalue weighted by atomic mass is 10.3. The largest absolute Gasteiger partial charge is 0.448 e. The maximum atomic E-state index is 12.5. The van der Waals surface area contributed by atoms with Crippen molar-refractivity contribution in [3.05, 3.63) is 48.5 Å². The molecule has 0 bridgehead atoms. The molecule has 28 heavy (non-hydrogen) atoms. The summed E-state index contributed by atoms with van der Waals surface area (Å²) in [5.41, 5.74) is 0.395. The number of nitrogens with one attached hydrogen (secondary N) is 1. The first-order chi connectivity index (χ1) is 13.4. The Hall–Kier alpha value is -2.85. The molecule has 148 valence electrons. The summed E-state index contributed by atoms with van der Waals surface area (Å²) >= 11 is 0. The fourth-order valence-corrected chi connectivity index (χ4v) is 4.23. The van der Waals surface area contributed by atoms with Crippen LogP contribution in [-0.4, -0.2) is 53.8 Å². The molecule has 1 saturated heterocycles. The molecule has 0 saturated carbocycles. The van der Waals surface area contributed by atoms with Gasteiger partial charge in [0.05, 0.1) is 11.1 Å². The van der Waals surface area contributed by atoms with E-state index in [4.69, 9.17) is 4.74 Å². The number of aromatic nitrogens is 2. The zero-order valence-corrected chi connectivity index (χ0v) is 16.1. The first kappa shape index (κ1) is 19.9. The van der Waals surface area contributed by atoms with Gasteiger partial charge < -0.3 is 10.1 Å². The number of amides is 1. The van der Waals surface area contributed by atoms with Gasteiger partial charge in [-0.05, 0) is 44.0 Å². The van der Waals surface area contributed by atoms with Gasteiger partial charge in [0.25, 0.3) is 5.91 Å². The van der Waals surface area contributed by atoms with Crippen LogP contribution in [0.1, 0.15) is 30.3 Å². The average Bonchev–Trinajstić information content (AvgIpc) is 3.25. The van der Waals surface area contributed by atoms with Crippen molar-refractivity contribution in [2.45, 2.75) is 30.8 Å². The molecule has 1 aromatic carbocycles. The van der Waals surface area contributed by atoms with Crippen molar-refractivity contribution in [1.82, 2.24) is 14.3 Å². The van der Waals surface area contributed by atoms with E-state index in [2.05, 4.69) is 15.3 Å². The van der Waals surface area contributed by atoms with E-state index < -0.39 is 28.0 Å². The van der Waals surface area contributed by atoms with Crippen molar-refractivity contribution in [2.75, 3.05) is 18.4 Å². The summed E-state index contributed by atoms with van der Waals surface area (Å²) in [6.07, 6.45) is 4.66. The van der Waals surface area contributed by atoms with Gasteiger partial charge in [0.15, 0.2) is 11.8 Å². The van der Waals surface area contributed by atoms with Crippen LogP contribution < -0.4 is 5.32 Å². The van der Waals surface area contributed by atoms with Gasteiger partial charge in [-0.25, -0.2) is 18.2 Å². The molecule has 0 spiro atoms. The number of carbonyl (C=O) groups excluding carboxylic acids is 2. The lowest BCUT2D eigenvalue weighted by Gasteiger charge is -2.16. The maximum Gasteiger partial charge on any atom is 0.359 e. The Bertz CT molecular complexity index is 942. The highest BCUT2D eigenvalue weighted by Gasteiger charge is 2.27. The number of anilines is 1. The Kier molecular flexibility index (Phi) is 6.00. The van der Waals surface area contributed by atoms with Crippen molar-refractivity contribution < 1.29 is 22.7 Å². The van der Waals surface area contributed by atoms with E-state index in [1.807, 2.05) is 0 Å². The minimum Gasteiger partial charge on any atom is -0.448 e. The maximum absolute atomic E-state index is 12.5. The van der Waals surface area contributed by atoms with Crippen LogP contribution in [0.5, 0.6) is 0 Å². The fourth-order valence-electron chi connectivity index (χ4n) is 2.71. The van der Waals surface area contributed by atoms with Crippen LogP contribution in [0.3, 0.4) is 0 Å². The van der Waals surface area contributed by atoms with Crippen molar-refractivity contribution >= 4 is 27.6 Å². The highest BCUT2D eigenvalue weighted by molar-refractivity contribution is 7.89. The van der Waals surface area contributed by atoms with Crippen LogP contribution in [0.2, 0.25) is 0 Å². The van der Waals surface area contributed by atoms with Gasteiger partial charge in [-0.3, -0.25) is 9.78 Å². The molecule has 1 aliphatic rings. The number of ether oxygens (including phenoxy) is 1. The normalized spacial score (nSPS) is 15.8. The van der Waals surface area contributed by atoms with Gasteiger partial charge in [-0.1, -0.05) is 0 Å². The number of esters is 1. The molecule has 1 N–H and O–H groups in total. The zero-order chi connectivity index (χ0) is 20.1. The topological polar surface area (TPSA) is 119 Å². The SMILES string of the molecule is C[C@H](OC(=O)c1cnccn1)C(=O)Nc1ccc(S(=O)(=O)N2CCCC2)cc1. The highest BCUT2D eigenvalue weighted by atomic mass is 32.2. The quantitative estimate of drug-likeness (QED) is 0.724. The summed E-state index contributed by atoms with van der Waals surface area (Å²) in [6.45, 7) is 2.47. The third-order valence-electron chi connectivity index (χ3n) is 4.25. The van der Waals surface area contributed by atoms with E-state index in [-0.39, 0.29) is 10.6 Å². The summed E-state index contributed by atoms with van der Waals surface area (Å²) in [5.74, 6) is -1.31. The predicted octanol–water partition coefficient (Wildman–Crippen LogP) is 1.45. The summed E-state index contributed by atoms with van der Waals surface area (Å²) in [7, 11) is -3.51. The van der Waals surface area contributed by atoms with E-state index in [1.54, 1.807) is 0 Å². The summed E-state index contributed by atoms with van der Waals surface area (Å²) in [5, 5.41) is 2.59. The van der Waals surface area contributed by atoms with Gasteiger partial charge in [0.2, 0.25) is 10.0 Å². The van der Waals surface area contributed by atoms with Crippen LogP contribution in [0.15, 0.2) is 47.8 Å². The Labute approximate surface area is 162 Å². The second-order valence-electron chi connectivity index (χ2n) is 6.26. The molecule has 2 heterocycles. The lowest BCUT2D eigenvalue weighted by molar-refractivity contribution is -0.123. The first-order valence-electron chi connectivity index (χ1n) is 8.76. The molecule has 1 aromatic heterocycles. The summed E-state index contributed by atoms with van der Waals surface area (Å²) in [6, 6.07) is 5.88. The Morgan fingerprint density at radius 1 is 1.14 bits per heavy atom. The fraction of sp³-hybridized carbons (Fsp3) is 0.333. The van der Waals surface area contributed by atoms with Crippen molar-refractivity contribution in [1.29, 1.82) is 0 Å². The van der Waals surface area contributed by atoms with Gasteiger partial charge in [0.1, 0.15) is 0 Å². The number of sulfonamides is 1. The zero-order valence-electron chi connectivity index (χ0n) is 15.2. The minimum absolute atomic E-state index is 0.00128. The van der Waals surface area contributed by atoms with Gasteiger partial charge in [0, 0.05) is 31.2 Å². The monoisotopic (exact) mass is 404 g/mol. The second-order valence-corrected chi connectivity index (χ2v) is 8.20. The van der Waals surface area contributed by atoms with Gasteiger partial charge >= 0.3 is 5.97 Å². The molecule has 1 fully saturated rings. The molecule has 1 aliphatic heterocycles. The highest BCUT2D eigenvalue weighted by Crippen LogP contribution is 2.22. The average molecular weight is 404 g/mol. The standard InChI is InChI=1S/C18H20N4O5S/c1-13(27-18(24)16-12-19-8-9-20-16)17(23)21-14-4-6-15(7-5-14)28(25,26)22-10-2-3-11-22/h4-9,12-13H,2-3,10-11H2,1H3,(H,21,23)/t13-/m0/s1. The molecule has 10 heteroatoms. The van der Waals surface area contributed by atoms with Crippen molar-refractivity contribution in [2.24, 2.45) is 0 Å². The number of rotatable bonds is 6. The van der Waals surface area contributed by atoms with E-state index in [0.29, 0.717) is 18.8 Å². The molecule has 0 radical (unpaired) electrons. The molecule has 3 rings (SSSR count). The Balaban J connectivity index is 1.60. The molecule has 0 unspecified atom stereocenters. The van der Waals surface area contributed by atoms with Crippen LogP contribution in [0, 0.1) is 0 Å². The molecule has 1 amide bonds. The number of benzene rings is 1.